The largest absolute Gasteiger partial charge is 0.496 e. The standard InChI is InChI=1S/C16H23N3O/c1-12(15-11-19(3)18-13(15)2)17-10-9-14-7-5-6-8-16(14)20-4/h5-8,11-12,17H,9-10H2,1-4H3. The molecule has 0 spiro atoms. The lowest BCUT2D eigenvalue weighted by Gasteiger charge is -2.14. The lowest BCUT2D eigenvalue weighted by molar-refractivity contribution is 0.408. The highest BCUT2D eigenvalue weighted by Crippen LogP contribution is 2.19. The van der Waals surface area contributed by atoms with E-state index in [1.165, 1.54) is 11.1 Å². The number of aromatic nitrogens is 2. The Hall–Kier alpha value is -1.81. The van der Waals surface area contributed by atoms with Crippen molar-refractivity contribution < 1.29 is 4.74 Å². The molecule has 0 saturated heterocycles. The first-order valence-electron chi connectivity index (χ1n) is 6.97. The third-order valence-corrected chi connectivity index (χ3v) is 3.56. The third kappa shape index (κ3) is 3.39. The normalized spacial score (nSPS) is 12.4. The van der Waals surface area contributed by atoms with E-state index >= 15 is 0 Å². The van der Waals surface area contributed by atoms with Crippen LogP contribution >= 0.6 is 0 Å². The first-order valence-corrected chi connectivity index (χ1v) is 6.97. The summed E-state index contributed by atoms with van der Waals surface area (Å²) in [5, 5.41) is 7.93. The third-order valence-electron chi connectivity index (χ3n) is 3.56. The second-order valence-corrected chi connectivity index (χ2v) is 5.08. The van der Waals surface area contributed by atoms with Crippen LogP contribution in [0.5, 0.6) is 5.75 Å². The summed E-state index contributed by atoms with van der Waals surface area (Å²) in [5.74, 6) is 0.958. The van der Waals surface area contributed by atoms with E-state index < -0.39 is 0 Å². The van der Waals surface area contributed by atoms with Crippen LogP contribution in [0.1, 0.15) is 29.8 Å². The zero-order valence-corrected chi connectivity index (χ0v) is 12.7. The van der Waals surface area contributed by atoms with Crippen molar-refractivity contribution in [2.45, 2.75) is 26.3 Å². The van der Waals surface area contributed by atoms with Crippen LogP contribution in [0.15, 0.2) is 30.5 Å². The summed E-state index contributed by atoms with van der Waals surface area (Å²) in [7, 11) is 3.67. The Bertz CT molecular complexity index is 563. The molecule has 0 amide bonds. The highest BCUT2D eigenvalue weighted by molar-refractivity contribution is 5.33. The van der Waals surface area contributed by atoms with Crippen LogP contribution in [-0.4, -0.2) is 23.4 Å². The van der Waals surface area contributed by atoms with Gasteiger partial charge in [0.25, 0.3) is 0 Å². The topological polar surface area (TPSA) is 39.1 Å². The van der Waals surface area contributed by atoms with Gasteiger partial charge in [0.15, 0.2) is 0 Å². The maximum atomic E-state index is 5.37. The Labute approximate surface area is 120 Å². The number of hydrogen-bond donors (Lipinski definition) is 1. The molecule has 0 bridgehead atoms. The average Bonchev–Trinajstić information content (AvgIpc) is 2.78. The van der Waals surface area contributed by atoms with E-state index in [0.29, 0.717) is 6.04 Å². The minimum absolute atomic E-state index is 0.304. The summed E-state index contributed by atoms with van der Waals surface area (Å²) >= 11 is 0. The van der Waals surface area contributed by atoms with Crippen molar-refractivity contribution in [2.75, 3.05) is 13.7 Å². The smallest absolute Gasteiger partial charge is 0.122 e. The van der Waals surface area contributed by atoms with Gasteiger partial charge in [-0.3, -0.25) is 4.68 Å². The van der Waals surface area contributed by atoms with E-state index in [-0.39, 0.29) is 0 Å². The monoisotopic (exact) mass is 273 g/mol. The molecular weight excluding hydrogens is 250 g/mol. The molecule has 0 aliphatic carbocycles. The first kappa shape index (κ1) is 14.6. The van der Waals surface area contributed by atoms with Crippen molar-refractivity contribution in [1.82, 2.24) is 15.1 Å². The molecule has 1 N–H and O–H groups in total. The summed E-state index contributed by atoms with van der Waals surface area (Å²) in [6.45, 7) is 5.13. The quantitative estimate of drug-likeness (QED) is 0.879. The van der Waals surface area contributed by atoms with Gasteiger partial charge in [-0.05, 0) is 38.4 Å². The summed E-state index contributed by atoms with van der Waals surface area (Å²) < 4.78 is 7.23. The van der Waals surface area contributed by atoms with Crippen molar-refractivity contribution in [3.63, 3.8) is 0 Å². The van der Waals surface area contributed by atoms with Crippen LogP contribution in [-0.2, 0) is 13.5 Å². The maximum Gasteiger partial charge on any atom is 0.122 e. The van der Waals surface area contributed by atoms with Crippen molar-refractivity contribution in [2.24, 2.45) is 7.05 Å². The lowest BCUT2D eigenvalue weighted by atomic mass is 10.1. The number of nitrogens with zero attached hydrogens (tertiary/aromatic N) is 2. The van der Waals surface area contributed by atoms with E-state index in [9.17, 15) is 0 Å². The number of rotatable bonds is 6. The Balaban J connectivity index is 1.91. The zero-order chi connectivity index (χ0) is 14.5. The molecule has 2 aromatic rings. The minimum atomic E-state index is 0.304. The van der Waals surface area contributed by atoms with Gasteiger partial charge in [0, 0.05) is 24.8 Å². The molecule has 108 valence electrons. The molecule has 0 radical (unpaired) electrons. The van der Waals surface area contributed by atoms with Gasteiger partial charge in [0.05, 0.1) is 12.8 Å². The average molecular weight is 273 g/mol. The Morgan fingerprint density at radius 1 is 1.35 bits per heavy atom. The molecule has 1 aromatic carbocycles. The number of benzene rings is 1. The van der Waals surface area contributed by atoms with E-state index in [4.69, 9.17) is 4.74 Å². The van der Waals surface area contributed by atoms with Crippen molar-refractivity contribution >= 4 is 0 Å². The molecule has 4 nitrogen and oxygen atoms in total. The molecule has 0 fully saturated rings. The maximum absolute atomic E-state index is 5.37. The molecule has 2 rings (SSSR count). The van der Waals surface area contributed by atoms with Crippen molar-refractivity contribution in [3.05, 3.63) is 47.3 Å². The van der Waals surface area contributed by atoms with Gasteiger partial charge in [-0.1, -0.05) is 18.2 Å². The van der Waals surface area contributed by atoms with Gasteiger partial charge >= 0.3 is 0 Å². The van der Waals surface area contributed by atoms with Crippen LogP contribution in [0.4, 0.5) is 0 Å². The molecule has 0 saturated carbocycles. The fourth-order valence-corrected chi connectivity index (χ4v) is 2.49. The summed E-state index contributed by atoms with van der Waals surface area (Å²) in [5.41, 5.74) is 3.58. The second kappa shape index (κ2) is 6.57. The van der Waals surface area contributed by atoms with E-state index in [1.54, 1.807) is 7.11 Å². The molecule has 1 heterocycles. The fourth-order valence-electron chi connectivity index (χ4n) is 2.49. The van der Waals surface area contributed by atoms with Gasteiger partial charge in [0.2, 0.25) is 0 Å². The van der Waals surface area contributed by atoms with Crippen LogP contribution < -0.4 is 10.1 Å². The Kier molecular flexibility index (Phi) is 4.79. The number of methoxy groups -OCH3 is 1. The van der Waals surface area contributed by atoms with Gasteiger partial charge in [0.1, 0.15) is 5.75 Å². The van der Waals surface area contributed by atoms with E-state index in [1.807, 2.05) is 36.9 Å². The van der Waals surface area contributed by atoms with Crippen molar-refractivity contribution in [1.29, 1.82) is 0 Å². The molecule has 1 atom stereocenters. The molecule has 0 aliphatic rings. The highest BCUT2D eigenvalue weighted by atomic mass is 16.5. The predicted octanol–water partition coefficient (Wildman–Crippen LogP) is 2.63. The molecule has 1 unspecified atom stereocenters. The van der Waals surface area contributed by atoms with Gasteiger partial charge in [-0.2, -0.15) is 5.10 Å². The minimum Gasteiger partial charge on any atom is -0.496 e. The zero-order valence-electron chi connectivity index (χ0n) is 12.7. The van der Waals surface area contributed by atoms with Gasteiger partial charge < -0.3 is 10.1 Å². The van der Waals surface area contributed by atoms with Crippen LogP contribution in [0.3, 0.4) is 0 Å². The molecule has 1 aromatic heterocycles. The first-order chi connectivity index (χ1) is 9.61. The number of aryl methyl sites for hydroxylation is 2. The number of ether oxygens (including phenoxy) is 1. The van der Waals surface area contributed by atoms with Gasteiger partial charge in [-0.15, -0.1) is 0 Å². The Morgan fingerprint density at radius 2 is 2.10 bits per heavy atom. The van der Waals surface area contributed by atoms with E-state index in [2.05, 4.69) is 29.6 Å². The highest BCUT2D eigenvalue weighted by Gasteiger charge is 2.11. The SMILES string of the molecule is COc1ccccc1CCNC(C)c1cn(C)nc1C. The molecular formula is C16H23N3O. The summed E-state index contributed by atoms with van der Waals surface area (Å²) in [4.78, 5) is 0. The lowest BCUT2D eigenvalue weighted by Crippen LogP contribution is -2.21. The summed E-state index contributed by atoms with van der Waals surface area (Å²) in [6, 6.07) is 8.47. The molecule has 4 heteroatoms. The number of para-hydroxylation sites is 1. The second-order valence-electron chi connectivity index (χ2n) is 5.08. The van der Waals surface area contributed by atoms with Gasteiger partial charge in [-0.25, -0.2) is 0 Å². The number of nitrogens with one attached hydrogen (secondary N) is 1. The molecule has 0 aliphatic heterocycles. The summed E-state index contributed by atoms with van der Waals surface area (Å²) in [6.07, 6.45) is 3.03. The van der Waals surface area contributed by atoms with Crippen LogP contribution in [0.25, 0.3) is 0 Å². The predicted molar refractivity (Wildman–Crippen MR) is 81.1 cm³/mol. The van der Waals surface area contributed by atoms with Crippen LogP contribution in [0, 0.1) is 6.92 Å². The Morgan fingerprint density at radius 3 is 2.75 bits per heavy atom. The fraction of sp³-hybridized carbons (Fsp3) is 0.438. The molecule has 20 heavy (non-hydrogen) atoms. The number of hydrogen-bond acceptors (Lipinski definition) is 3. The van der Waals surface area contributed by atoms with E-state index in [0.717, 1.165) is 24.4 Å². The van der Waals surface area contributed by atoms with Crippen molar-refractivity contribution in [3.8, 4) is 5.75 Å². The van der Waals surface area contributed by atoms with Crippen LogP contribution in [0.2, 0.25) is 0 Å².